The number of fused-ring (bicyclic) bond motifs is 1. The number of pyridine rings is 1. The summed E-state index contributed by atoms with van der Waals surface area (Å²) in [5.41, 5.74) is 0.0727. The van der Waals surface area contributed by atoms with E-state index in [1.54, 1.807) is 24.3 Å². The highest BCUT2D eigenvalue weighted by atomic mass is 79.9. The summed E-state index contributed by atoms with van der Waals surface area (Å²) in [7, 11) is 0. The van der Waals surface area contributed by atoms with Gasteiger partial charge in [-0.05, 0) is 36.4 Å². The van der Waals surface area contributed by atoms with E-state index in [2.05, 4.69) is 26.2 Å². The lowest BCUT2D eigenvalue weighted by Crippen LogP contribution is -2.22. The van der Waals surface area contributed by atoms with Crippen LogP contribution in [-0.4, -0.2) is 10.9 Å². The predicted molar refractivity (Wildman–Crippen MR) is 86.6 cm³/mol. The minimum Gasteiger partial charge on any atom is -0.358 e. The van der Waals surface area contributed by atoms with Crippen LogP contribution in [-0.2, 0) is 0 Å². The van der Waals surface area contributed by atoms with Crippen LogP contribution in [0, 0.1) is 5.82 Å². The summed E-state index contributed by atoms with van der Waals surface area (Å²) in [5, 5.41) is 2.77. The smallest absolute Gasteiger partial charge is 0.261 e. The Hall–Kier alpha value is -2.47. The van der Waals surface area contributed by atoms with E-state index in [1.165, 1.54) is 24.4 Å². The lowest BCUT2D eigenvalue weighted by molar-refractivity contribution is 0.102. The number of carbonyl (C=O) groups excluding carboxylic acids is 1. The molecule has 0 bridgehead atoms. The normalized spacial score (nSPS) is 10.6. The van der Waals surface area contributed by atoms with E-state index in [-0.39, 0.29) is 16.5 Å². The highest BCUT2D eigenvalue weighted by Crippen LogP contribution is 2.16. The number of hydrogen-bond donors (Lipinski definition) is 2. The molecule has 0 saturated carbocycles. The first kappa shape index (κ1) is 14.5. The fraction of sp³-hybridized carbons (Fsp3) is 0. The zero-order valence-electron chi connectivity index (χ0n) is 11.2. The number of rotatable bonds is 2. The van der Waals surface area contributed by atoms with Crippen molar-refractivity contribution in [1.29, 1.82) is 0 Å². The van der Waals surface area contributed by atoms with Crippen molar-refractivity contribution in [2.75, 3.05) is 5.32 Å². The maximum Gasteiger partial charge on any atom is 0.261 e. The van der Waals surface area contributed by atoms with Gasteiger partial charge in [0.25, 0.3) is 5.91 Å². The average molecular weight is 361 g/mol. The molecule has 110 valence electrons. The second-order valence-corrected chi connectivity index (χ2v) is 5.57. The Bertz CT molecular complexity index is 920. The molecule has 1 heterocycles. The van der Waals surface area contributed by atoms with Crippen molar-refractivity contribution < 1.29 is 9.18 Å². The Balaban J connectivity index is 1.99. The van der Waals surface area contributed by atoms with Gasteiger partial charge in [0.15, 0.2) is 0 Å². The SMILES string of the molecule is O=C(Nc1ccc(Br)cc1)c1c[nH]c2c(F)cccc2c1=O. The summed E-state index contributed by atoms with van der Waals surface area (Å²) < 4.78 is 14.5. The molecule has 0 aliphatic heterocycles. The molecule has 1 amide bonds. The molecule has 0 spiro atoms. The van der Waals surface area contributed by atoms with Crippen molar-refractivity contribution in [3.8, 4) is 0 Å². The topological polar surface area (TPSA) is 62.0 Å². The summed E-state index contributed by atoms with van der Waals surface area (Å²) in [4.78, 5) is 27.2. The summed E-state index contributed by atoms with van der Waals surface area (Å²) in [6.07, 6.45) is 1.22. The number of amides is 1. The van der Waals surface area contributed by atoms with Crippen LogP contribution < -0.4 is 10.7 Å². The largest absolute Gasteiger partial charge is 0.358 e. The molecule has 22 heavy (non-hydrogen) atoms. The highest BCUT2D eigenvalue weighted by Gasteiger charge is 2.14. The van der Waals surface area contributed by atoms with E-state index < -0.39 is 17.2 Å². The molecule has 0 fully saturated rings. The van der Waals surface area contributed by atoms with Gasteiger partial charge in [-0.1, -0.05) is 22.0 Å². The van der Waals surface area contributed by atoms with Gasteiger partial charge in [-0.3, -0.25) is 9.59 Å². The van der Waals surface area contributed by atoms with Crippen molar-refractivity contribution >= 4 is 38.4 Å². The molecular formula is C16H10BrFN2O2. The number of aromatic nitrogens is 1. The van der Waals surface area contributed by atoms with Gasteiger partial charge in [0.1, 0.15) is 11.4 Å². The van der Waals surface area contributed by atoms with Gasteiger partial charge in [0, 0.05) is 21.7 Å². The lowest BCUT2D eigenvalue weighted by Gasteiger charge is -2.06. The number of aromatic amines is 1. The van der Waals surface area contributed by atoms with Gasteiger partial charge in [0.2, 0.25) is 5.43 Å². The van der Waals surface area contributed by atoms with Crippen LogP contribution in [0.2, 0.25) is 0 Å². The third kappa shape index (κ3) is 2.65. The fourth-order valence-electron chi connectivity index (χ4n) is 2.12. The van der Waals surface area contributed by atoms with Gasteiger partial charge < -0.3 is 10.3 Å². The standard InChI is InChI=1S/C16H10BrFN2O2/c17-9-4-6-10(7-5-9)20-16(22)12-8-19-14-11(15(12)21)2-1-3-13(14)18/h1-8H,(H,19,21)(H,20,22). The summed E-state index contributed by atoms with van der Waals surface area (Å²) >= 11 is 3.30. The van der Waals surface area contributed by atoms with Gasteiger partial charge in [0.05, 0.1) is 5.52 Å². The highest BCUT2D eigenvalue weighted by molar-refractivity contribution is 9.10. The van der Waals surface area contributed by atoms with Crippen LogP contribution in [0.25, 0.3) is 10.9 Å². The van der Waals surface area contributed by atoms with E-state index in [4.69, 9.17) is 0 Å². The minimum absolute atomic E-state index is 0.0685. The Morgan fingerprint density at radius 1 is 1.14 bits per heavy atom. The lowest BCUT2D eigenvalue weighted by atomic mass is 10.1. The van der Waals surface area contributed by atoms with E-state index >= 15 is 0 Å². The van der Waals surface area contributed by atoms with E-state index in [0.717, 1.165) is 4.47 Å². The molecule has 1 aromatic heterocycles. The van der Waals surface area contributed by atoms with Crippen LogP contribution in [0.3, 0.4) is 0 Å². The third-order valence-electron chi connectivity index (χ3n) is 3.21. The number of benzene rings is 2. The number of H-pyrrole nitrogens is 1. The molecule has 6 heteroatoms. The molecular weight excluding hydrogens is 351 g/mol. The first-order chi connectivity index (χ1) is 10.6. The molecule has 0 aliphatic rings. The number of halogens is 2. The molecule has 0 radical (unpaired) electrons. The zero-order chi connectivity index (χ0) is 15.7. The maximum absolute atomic E-state index is 13.6. The van der Waals surface area contributed by atoms with Crippen molar-refractivity contribution in [1.82, 2.24) is 4.98 Å². The molecule has 0 unspecified atom stereocenters. The molecule has 0 saturated heterocycles. The summed E-state index contributed by atoms with van der Waals surface area (Å²) in [6.45, 7) is 0. The Labute approximate surface area is 133 Å². The van der Waals surface area contributed by atoms with Gasteiger partial charge in [-0.2, -0.15) is 0 Å². The van der Waals surface area contributed by atoms with Crippen LogP contribution in [0.4, 0.5) is 10.1 Å². The Kier molecular flexibility index (Phi) is 3.77. The van der Waals surface area contributed by atoms with Crippen molar-refractivity contribution in [3.63, 3.8) is 0 Å². The van der Waals surface area contributed by atoms with Gasteiger partial charge in [-0.15, -0.1) is 0 Å². The Morgan fingerprint density at radius 3 is 2.59 bits per heavy atom. The first-order valence-electron chi connectivity index (χ1n) is 6.43. The second kappa shape index (κ2) is 5.73. The molecule has 2 N–H and O–H groups in total. The average Bonchev–Trinajstić information content (AvgIpc) is 2.51. The molecule has 3 aromatic rings. The van der Waals surface area contributed by atoms with Crippen molar-refractivity contribution in [3.05, 3.63) is 74.7 Å². The predicted octanol–water partition coefficient (Wildman–Crippen LogP) is 3.68. The van der Waals surface area contributed by atoms with Gasteiger partial charge >= 0.3 is 0 Å². The minimum atomic E-state index is -0.547. The summed E-state index contributed by atoms with van der Waals surface area (Å²) in [6, 6.07) is 11.1. The van der Waals surface area contributed by atoms with Crippen LogP contribution >= 0.6 is 15.9 Å². The molecule has 0 atom stereocenters. The zero-order valence-corrected chi connectivity index (χ0v) is 12.8. The first-order valence-corrected chi connectivity index (χ1v) is 7.22. The quantitative estimate of drug-likeness (QED) is 0.732. The van der Waals surface area contributed by atoms with Crippen molar-refractivity contribution in [2.24, 2.45) is 0 Å². The number of carbonyl (C=O) groups is 1. The molecule has 4 nitrogen and oxygen atoms in total. The third-order valence-corrected chi connectivity index (χ3v) is 3.74. The maximum atomic E-state index is 13.6. The van der Waals surface area contributed by atoms with Gasteiger partial charge in [-0.25, -0.2) is 4.39 Å². The van der Waals surface area contributed by atoms with E-state index in [0.29, 0.717) is 5.69 Å². The number of hydrogen-bond acceptors (Lipinski definition) is 2. The molecule has 3 rings (SSSR count). The second-order valence-electron chi connectivity index (χ2n) is 4.65. The number of anilines is 1. The molecule has 0 aliphatic carbocycles. The van der Waals surface area contributed by atoms with Crippen LogP contribution in [0.5, 0.6) is 0 Å². The van der Waals surface area contributed by atoms with E-state index in [1.807, 2.05) is 0 Å². The monoisotopic (exact) mass is 360 g/mol. The summed E-state index contributed by atoms with van der Waals surface area (Å²) in [5.74, 6) is -1.08. The number of para-hydroxylation sites is 1. The molecule has 2 aromatic carbocycles. The van der Waals surface area contributed by atoms with Crippen molar-refractivity contribution in [2.45, 2.75) is 0 Å². The van der Waals surface area contributed by atoms with E-state index in [9.17, 15) is 14.0 Å². The van der Waals surface area contributed by atoms with Crippen LogP contribution in [0.15, 0.2) is 57.9 Å². The fourth-order valence-corrected chi connectivity index (χ4v) is 2.38. The Morgan fingerprint density at radius 2 is 1.86 bits per heavy atom. The van der Waals surface area contributed by atoms with Crippen LogP contribution in [0.1, 0.15) is 10.4 Å². The number of nitrogens with one attached hydrogen (secondary N) is 2.